The van der Waals surface area contributed by atoms with Crippen LogP contribution in [0.5, 0.6) is 0 Å². The Morgan fingerprint density at radius 3 is 2.07 bits per heavy atom. The molecule has 0 N–H and O–H groups in total. The van der Waals surface area contributed by atoms with Crippen LogP contribution < -0.4 is 0 Å². The van der Waals surface area contributed by atoms with E-state index in [2.05, 4.69) is 9.97 Å². The first-order valence-corrected chi connectivity index (χ1v) is 9.37. The summed E-state index contributed by atoms with van der Waals surface area (Å²) in [6.45, 7) is 0. The number of pyridine rings is 1. The minimum absolute atomic E-state index is 0.00766. The molecule has 2 aromatic heterocycles. The molecular weight excluding hydrogens is 378 g/mol. The monoisotopic (exact) mass is 393 g/mol. The maximum Gasteiger partial charge on any atom is 0.277 e. The van der Waals surface area contributed by atoms with E-state index in [1.54, 1.807) is 18.2 Å². The molecule has 0 fully saturated rings. The predicted octanol–water partition coefficient (Wildman–Crippen LogP) is 6.13. The zero-order chi connectivity index (χ0) is 20.5. The van der Waals surface area contributed by atoms with Gasteiger partial charge in [-0.05, 0) is 24.3 Å². The summed E-state index contributed by atoms with van der Waals surface area (Å²) in [4.78, 5) is 20.6. The van der Waals surface area contributed by atoms with Crippen LogP contribution in [0.4, 0.5) is 5.69 Å². The van der Waals surface area contributed by atoms with Gasteiger partial charge in [0, 0.05) is 22.8 Å². The highest BCUT2D eigenvalue weighted by molar-refractivity contribution is 5.95. The molecule has 0 saturated heterocycles. The highest BCUT2D eigenvalue weighted by Gasteiger charge is 2.22. The van der Waals surface area contributed by atoms with Crippen LogP contribution in [0.1, 0.15) is 0 Å². The maximum atomic E-state index is 11.7. The summed E-state index contributed by atoms with van der Waals surface area (Å²) in [5.41, 5.74) is 4.27. The minimum Gasteiger partial charge on any atom is -0.418 e. The van der Waals surface area contributed by atoms with Crippen molar-refractivity contribution in [2.24, 2.45) is 0 Å². The van der Waals surface area contributed by atoms with E-state index in [1.165, 1.54) is 6.07 Å². The van der Waals surface area contributed by atoms with Gasteiger partial charge in [-0.2, -0.15) is 0 Å². The van der Waals surface area contributed by atoms with Crippen molar-refractivity contribution in [2.75, 3.05) is 0 Å². The standard InChI is InChI=1S/C24H15N3O3/c28-27(29)21-14-8-7-13-18(21)19-15-20(16-9-3-1-4-10-16)25-24-22(19)26-23(30-24)17-11-5-2-6-12-17/h1-15H. The number of hydrogen-bond donors (Lipinski definition) is 0. The maximum absolute atomic E-state index is 11.7. The fraction of sp³-hybridized carbons (Fsp3) is 0. The van der Waals surface area contributed by atoms with E-state index in [0.29, 0.717) is 33.9 Å². The van der Waals surface area contributed by atoms with Gasteiger partial charge in [0.25, 0.3) is 5.69 Å². The third-order valence-corrected chi connectivity index (χ3v) is 4.85. The Morgan fingerprint density at radius 1 is 0.733 bits per heavy atom. The van der Waals surface area contributed by atoms with Gasteiger partial charge in [-0.3, -0.25) is 10.1 Å². The molecule has 5 aromatic rings. The second-order valence-electron chi connectivity index (χ2n) is 6.73. The molecule has 0 aliphatic rings. The van der Waals surface area contributed by atoms with Crippen LogP contribution in [0.2, 0.25) is 0 Å². The van der Waals surface area contributed by atoms with E-state index in [-0.39, 0.29) is 10.6 Å². The minimum atomic E-state index is -0.387. The molecule has 0 radical (unpaired) electrons. The average Bonchev–Trinajstić information content (AvgIpc) is 3.24. The average molecular weight is 393 g/mol. The first-order chi connectivity index (χ1) is 14.7. The molecule has 2 heterocycles. The van der Waals surface area contributed by atoms with Gasteiger partial charge >= 0.3 is 0 Å². The number of oxazole rings is 1. The van der Waals surface area contributed by atoms with Crippen molar-refractivity contribution in [3.63, 3.8) is 0 Å². The summed E-state index contributed by atoms with van der Waals surface area (Å²) in [6, 6.07) is 27.6. The van der Waals surface area contributed by atoms with Crippen LogP contribution >= 0.6 is 0 Å². The van der Waals surface area contributed by atoms with E-state index in [0.717, 1.165) is 11.1 Å². The van der Waals surface area contributed by atoms with Crippen LogP contribution in [0.15, 0.2) is 95.4 Å². The van der Waals surface area contributed by atoms with Crippen molar-refractivity contribution in [1.29, 1.82) is 0 Å². The van der Waals surface area contributed by atoms with E-state index in [9.17, 15) is 10.1 Å². The van der Waals surface area contributed by atoms with Crippen molar-refractivity contribution >= 4 is 16.9 Å². The lowest BCUT2D eigenvalue weighted by atomic mass is 10.0. The third-order valence-electron chi connectivity index (χ3n) is 4.85. The zero-order valence-corrected chi connectivity index (χ0v) is 15.7. The second kappa shape index (κ2) is 7.25. The molecule has 0 spiro atoms. The molecule has 0 amide bonds. The number of benzene rings is 3. The largest absolute Gasteiger partial charge is 0.418 e. The van der Waals surface area contributed by atoms with Gasteiger partial charge < -0.3 is 4.42 Å². The summed E-state index contributed by atoms with van der Waals surface area (Å²) in [5, 5.41) is 11.7. The van der Waals surface area contributed by atoms with Gasteiger partial charge in [0.2, 0.25) is 11.6 Å². The summed E-state index contributed by atoms with van der Waals surface area (Å²) in [5.74, 6) is 0.420. The lowest BCUT2D eigenvalue weighted by Gasteiger charge is -2.07. The van der Waals surface area contributed by atoms with Gasteiger partial charge in [0.1, 0.15) is 5.52 Å². The second-order valence-corrected chi connectivity index (χ2v) is 6.73. The first kappa shape index (κ1) is 17.8. The highest BCUT2D eigenvalue weighted by atomic mass is 16.6. The smallest absolute Gasteiger partial charge is 0.277 e. The van der Waals surface area contributed by atoms with Crippen molar-refractivity contribution in [3.05, 3.63) is 101 Å². The molecule has 6 nitrogen and oxygen atoms in total. The molecule has 0 bridgehead atoms. The molecule has 0 aliphatic carbocycles. The lowest BCUT2D eigenvalue weighted by Crippen LogP contribution is -1.94. The number of aromatic nitrogens is 2. The Balaban J connectivity index is 1.81. The Bertz CT molecular complexity index is 1360. The normalized spacial score (nSPS) is 10.9. The molecule has 30 heavy (non-hydrogen) atoms. The summed E-state index contributed by atoms with van der Waals surface area (Å²) >= 11 is 0. The number of rotatable bonds is 4. The van der Waals surface area contributed by atoms with E-state index in [4.69, 9.17) is 4.42 Å². The Kier molecular flexibility index (Phi) is 4.29. The molecular formula is C24H15N3O3. The Morgan fingerprint density at radius 2 is 1.37 bits per heavy atom. The molecule has 0 atom stereocenters. The van der Waals surface area contributed by atoms with Crippen LogP contribution in [-0.2, 0) is 0 Å². The zero-order valence-electron chi connectivity index (χ0n) is 15.7. The van der Waals surface area contributed by atoms with Crippen LogP contribution in [0.3, 0.4) is 0 Å². The van der Waals surface area contributed by atoms with Gasteiger partial charge in [-0.15, -0.1) is 0 Å². The van der Waals surface area contributed by atoms with E-state index < -0.39 is 0 Å². The van der Waals surface area contributed by atoms with Crippen molar-refractivity contribution in [3.8, 4) is 33.8 Å². The number of para-hydroxylation sites is 1. The summed E-state index contributed by atoms with van der Waals surface area (Å²) < 4.78 is 5.99. The number of nitro benzene ring substituents is 1. The third kappa shape index (κ3) is 3.10. The fourth-order valence-electron chi connectivity index (χ4n) is 3.44. The lowest BCUT2D eigenvalue weighted by molar-refractivity contribution is -0.384. The molecule has 0 unspecified atom stereocenters. The van der Waals surface area contributed by atoms with Gasteiger partial charge in [-0.1, -0.05) is 60.7 Å². The summed E-state index contributed by atoms with van der Waals surface area (Å²) in [7, 11) is 0. The van der Waals surface area contributed by atoms with Crippen LogP contribution in [-0.4, -0.2) is 14.9 Å². The molecule has 3 aromatic carbocycles. The quantitative estimate of drug-likeness (QED) is 0.271. The molecule has 0 aliphatic heterocycles. The van der Waals surface area contributed by atoms with E-state index >= 15 is 0 Å². The summed E-state index contributed by atoms with van der Waals surface area (Å²) in [6.07, 6.45) is 0. The topological polar surface area (TPSA) is 82.1 Å². The number of fused-ring (bicyclic) bond motifs is 1. The number of nitro groups is 1. The number of nitrogens with zero attached hydrogens (tertiary/aromatic N) is 3. The van der Waals surface area contributed by atoms with Gasteiger partial charge in [-0.25, -0.2) is 9.97 Å². The Labute approximate surface area is 171 Å². The molecule has 0 saturated carbocycles. The first-order valence-electron chi connectivity index (χ1n) is 9.37. The van der Waals surface area contributed by atoms with Crippen molar-refractivity contribution < 1.29 is 9.34 Å². The molecule has 5 rings (SSSR count). The highest BCUT2D eigenvalue weighted by Crippen LogP contribution is 2.37. The molecule has 6 heteroatoms. The van der Waals surface area contributed by atoms with Crippen molar-refractivity contribution in [2.45, 2.75) is 0 Å². The van der Waals surface area contributed by atoms with Crippen molar-refractivity contribution in [1.82, 2.24) is 9.97 Å². The number of hydrogen-bond acceptors (Lipinski definition) is 5. The van der Waals surface area contributed by atoms with Crippen LogP contribution in [0, 0.1) is 10.1 Å². The fourth-order valence-corrected chi connectivity index (χ4v) is 3.44. The predicted molar refractivity (Wildman–Crippen MR) is 115 cm³/mol. The SMILES string of the molecule is O=[N+]([O-])c1ccccc1-c1cc(-c2ccccc2)nc2oc(-c3ccccc3)nc12. The van der Waals surface area contributed by atoms with Crippen LogP contribution in [0.25, 0.3) is 45.1 Å². The van der Waals surface area contributed by atoms with Gasteiger partial charge in [0.15, 0.2) is 0 Å². The Hall–Kier alpha value is -4.32. The van der Waals surface area contributed by atoms with Gasteiger partial charge in [0.05, 0.1) is 16.2 Å². The van der Waals surface area contributed by atoms with E-state index in [1.807, 2.05) is 66.7 Å². The molecule has 144 valence electrons.